The minimum Gasteiger partial charge on any atom is -0.291 e. The van der Waals surface area contributed by atoms with E-state index in [0.29, 0.717) is 12.1 Å². The average Bonchev–Trinajstić information content (AvgIpc) is 2.18. The molecule has 1 rings (SSSR count). The van der Waals surface area contributed by atoms with E-state index in [1.807, 2.05) is 18.2 Å². The molecule has 0 bridgehead atoms. The minimum atomic E-state index is 0.706. The predicted molar refractivity (Wildman–Crippen MR) is 55.8 cm³/mol. The van der Waals surface area contributed by atoms with Gasteiger partial charge in [0.15, 0.2) is 0 Å². The molecule has 0 amide bonds. The van der Waals surface area contributed by atoms with Gasteiger partial charge in [-0.05, 0) is 23.6 Å². The summed E-state index contributed by atoms with van der Waals surface area (Å²) in [5.41, 5.74) is 4.89. The van der Waals surface area contributed by atoms with Crippen LogP contribution in [-0.2, 0) is 6.42 Å². The van der Waals surface area contributed by atoms with Crippen molar-refractivity contribution in [2.75, 3.05) is 5.48 Å². The molecule has 13 heavy (non-hydrogen) atoms. The third-order valence-corrected chi connectivity index (χ3v) is 1.90. The molecule has 0 saturated heterocycles. The van der Waals surface area contributed by atoms with Crippen molar-refractivity contribution >= 4 is 11.8 Å². The lowest BCUT2D eigenvalue weighted by molar-refractivity contribution is 0.388. The Bertz CT molecular complexity index is 318. The lowest BCUT2D eigenvalue weighted by Crippen LogP contribution is -1.97. The van der Waals surface area contributed by atoms with Crippen LogP contribution in [-0.4, -0.2) is 5.21 Å². The monoisotopic (exact) mass is 175 g/mol. The Kier molecular flexibility index (Phi) is 3.29. The van der Waals surface area contributed by atoms with Gasteiger partial charge in [0.2, 0.25) is 0 Å². The van der Waals surface area contributed by atoms with Crippen molar-refractivity contribution < 1.29 is 5.21 Å². The van der Waals surface area contributed by atoms with Gasteiger partial charge in [-0.1, -0.05) is 30.9 Å². The highest BCUT2D eigenvalue weighted by molar-refractivity contribution is 5.63. The first-order valence-electron chi connectivity index (χ1n) is 4.08. The van der Waals surface area contributed by atoms with Gasteiger partial charge in [0, 0.05) is 0 Å². The second kappa shape index (κ2) is 4.48. The summed E-state index contributed by atoms with van der Waals surface area (Å²) in [7, 11) is 0. The zero-order chi connectivity index (χ0) is 9.68. The molecule has 0 saturated carbocycles. The molecular formula is C11H13NO. The summed E-state index contributed by atoms with van der Waals surface area (Å²) in [5.74, 6) is 0. The quantitative estimate of drug-likeness (QED) is 0.544. The number of hydrogen-bond acceptors (Lipinski definition) is 2. The van der Waals surface area contributed by atoms with E-state index in [0.717, 1.165) is 11.1 Å². The van der Waals surface area contributed by atoms with E-state index in [1.165, 1.54) is 0 Å². The summed E-state index contributed by atoms with van der Waals surface area (Å²) in [6.07, 6.45) is 4.27. The molecule has 2 heteroatoms. The Morgan fingerprint density at radius 1 is 1.38 bits per heavy atom. The van der Waals surface area contributed by atoms with Gasteiger partial charge in [-0.25, -0.2) is 0 Å². The second-order valence-corrected chi connectivity index (χ2v) is 2.68. The Hall–Kier alpha value is -1.54. The largest absolute Gasteiger partial charge is 0.291 e. The average molecular weight is 175 g/mol. The first kappa shape index (κ1) is 9.55. The Morgan fingerprint density at radius 3 is 2.69 bits per heavy atom. The molecule has 1 aromatic carbocycles. The van der Waals surface area contributed by atoms with Crippen molar-refractivity contribution in [1.29, 1.82) is 0 Å². The highest BCUT2D eigenvalue weighted by Gasteiger charge is 2.02. The van der Waals surface area contributed by atoms with E-state index in [-0.39, 0.29) is 0 Å². The first-order valence-corrected chi connectivity index (χ1v) is 4.08. The van der Waals surface area contributed by atoms with Gasteiger partial charge in [-0.15, -0.1) is 6.58 Å². The molecule has 1 aromatic rings. The van der Waals surface area contributed by atoms with Crippen molar-refractivity contribution in [1.82, 2.24) is 0 Å². The molecule has 2 nitrogen and oxygen atoms in total. The van der Waals surface area contributed by atoms with E-state index in [2.05, 4.69) is 18.6 Å². The summed E-state index contributed by atoms with van der Waals surface area (Å²) < 4.78 is 0. The van der Waals surface area contributed by atoms with Gasteiger partial charge in [-0.3, -0.25) is 10.7 Å². The van der Waals surface area contributed by atoms with Crippen LogP contribution in [0.1, 0.15) is 11.1 Å². The molecule has 0 atom stereocenters. The van der Waals surface area contributed by atoms with Crippen molar-refractivity contribution in [3.05, 3.63) is 48.6 Å². The predicted octanol–water partition coefficient (Wildman–Crippen LogP) is 2.86. The van der Waals surface area contributed by atoms with Crippen LogP contribution in [0.5, 0.6) is 0 Å². The fourth-order valence-electron chi connectivity index (χ4n) is 1.27. The maximum atomic E-state index is 8.85. The lowest BCUT2D eigenvalue weighted by atomic mass is 10.0. The van der Waals surface area contributed by atoms with E-state index < -0.39 is 0 Å². The molecule has 0 heterocycles. The van der Waals surface area contributed by atoms with Crippen molar-refractivity contribution in [2.24, 2.45) is 0 Å². The molecular weight excluding hydrogens is 162 g/mol. The maximum absolute atomic E-state index is 8.85. The Balaban J connectivity index is 3.20. The van der Waals surface area contributed by atoms with Gasteiger partial charge < -0.3 is 0 Å². The van der Waals surface area contributed by atoms with E-state index >= 15 is 0 Å². The summed E-state index contributed by atoms with van der Waals surface area (Å²) in [5, 5.41) is 8.85. The lowest BCUT2D eigenvalue weighted by Gasteiger charge is -2.09. The van der Waals surface area contributed by atoms with E-state index in [1.54, 1.807) is 12.2 Å². The van der Waals surface area contributed by atoms with Crippen LogP contribution in [0.4, 0.5) is 5.69 Å². The molecule has 0 aliphatic carbocycles. The molecule has 68 valence electrons. The zero-order valence-corrected chi connectivity index (χ0v) is 7.46. The topological polar surface area (TPSA) is 32.3 Å². The third-order valence-electron chi connectivity index (χ3n) is 1.90. The van der Waals surface area contributed by atoms with E-state index in [9.17, 15) is 0 Å². The van der Waals surface area contributed by atoms with Gasteiger partial charge in [0.1, 0.15) is 0 Å². The number of hydrogen-bond donors (Lipinski definition) is 2. The standard InChI is InChI=1S/C11H13NO/c1-3-6-10-9(4-2)7-5-8-11(10)12-13/h3-5,7-8,12-13H,1-2,6H2. The number of nitrogens with one attached hydrogen (secondary N) is 1. The molecule has 0 aliphatic heterocycles. The summed E-state index contributed by atoms with van der Waals surface area (Å²) in [6, 6.07) is 5.63. The Labute approximate surface area is 78.2 Å². The summed E-state index contributed by atoms with van der Waals surface area (Å²) in [4.78, 5) is 0. The Morgan fingerprint density at radius 2 is 2.15 bits per heavy atom. The van der Waals surface area contributed by atoms with Crippen LogP contribution in [0.3, 0.4) is 0 Å². The SMILES string of the molecule is C=CCc1c(C=C)cccc1NO. The van der Waals surface area contributed by atoms with E-state index in [4.69, 9.17) is 5.21 Å². The minimum absolute atomic E-state index is 0.706. The molecule has 0 aromatic heterocycles. The number of anilines is 1. The normalized spacial score (nSPS) is 9.31. The van der Waals surface area contributed by atoms with Crippen molar-refractivity contribution in [3.8, 4) is 0 Å². The van der Waals surface area contributed by atoms with Gasteiger partial charge in [0.25, 0.3) is 0 Å². The van der Waals surface area contributed by atoms with Crippen LogP contribution in [0.2, 0.25) is 0 Å². The van der Waals surface area contributed by atoms with Crippen LogP contribution in [0.15, 0.2) is 37.4 Å². The number of benzene rings is 1. The number of allylic oxidation sites excluding steroid dienone is 1. The fourth-order valence-corrected chi connectivity index (χ4v) is 1.27. The second-order valence-electron chi connectivity index (χ2n) is 2.68. The molecule has 0 spiro atoms. The fraction of sp³-hybridized carbons (Fsp3) is 0.0909. The zero-order valence-electron chi connectivity index (χ0n) is 7.46. The molecule has 0 aliphatic rings. The maximum Gasteiger partial charge on any atom is 0.0643 e. The third kappa shape index (κ3) is 1.98. The van der Waals surface area contributed by atoms with Gasteiger partial charge in [0.05, 0.1) is 5.69 Å². The highest BCUT2D eigenvalue weighted by Crippen LogP contribution is 2.21. The smallest absolute Gasteiger partial charge is 0.0643 e. The van der Waals surface area contributed by atoms with Gasteiger partial charge >= 0.3 is 0 Å². The van der Waals surface area contributed by atoms with Gasteiger partial charge in [-0.2, -0.15) is 0 Å². The van der Waals surface area contributed by atoms with Crippen LogP contribution in [0, 0.1) is 0 Å². The molecule has 0 fully saturated rings. The van der Waals surface area contributed by atoms with Crippen LogP contribution in [0.25, 0.3) is 6.08 Å². The molecule has 0 radical (unpaired) electrons. The first-order chi connectivity index (χ1) is 6.33. The number of rotatable bonds is 4. The summed E-state index contributed by atoms with van der Waals surface area (Å²) in [6.45, 7) is 7.37. The highest BCUT2D eigenvalue weighted by atomic mass is 16.5. The molecule has 0 unspecified atom stereocenters. The van der Waals surface area contributed by atoms with Crippen LogP contribution < -0.4 is 5.48 Å². The van der Waals surface area contributed by atoms with Crippen molar-refractivity contribution in [2.45, 2.75) is 6.42 Å². The molecule has 2 N–H and O–H groups in total. The van der Waals surface area contributed by atoms with Crippen LogP contribution >= 0.6 is 0 Å². The van der Waals surface area contributed by atoms with Crippen molar-refractivity contribution in [3.63, 3.8) is 0 Å². The summed E-state index contributed by atoms with van der Waals surface area (Å²) >= 11 is 0.